The number of aliphatic hydroxyl groups is 1. The van der Waals surface area contributed by atoms with Crippen LogP contribution in [0.3, 0.4) is 0 Å². The van der Waals surface area contributed by atoms with Crippen molar-refractivity contribution < 1.29 is 9.90 Å². The van der Waals surface area contributed by atoms with Crippen LogP contribution in [-0.2, 0) is 0 Å². The van der Waals surface area contributed by atoms with Crippen molar-refractivity contribution in [3.8, 4) is 0 Å². The highest BCUT2D eigenvalue weighted by molar-refractivity contribution is 5.94. The Kier molecular flexibility index (Phi) is 5.70. The van der Waals surface area contributed by atoms with E-state index in [2.05, 4.69) is 22.2 Å². The van der Waals surface area contributed by atoms with E-state index in [0.717, 1.165) is 0 Å². The molecule has 0 spiro atoms. The maximum Gasteiger partial charge on any atom is 0.253 e. The molecule has 0 saturated carbocycles. The highest BCUT2D eigenvalue weighted by Crippen LogP contribution is 2.19. The quantitative estimate of drug-likeness (QED) is 0.693. The Hall–Kier alpha value is -1.88. The normalized spacial score (nSPS) is 12.6. The van der Waals surface area contributed by atoms with Gasteiger partial charge in [-0.1, -0.05) is 26.8 Å². The van der Waals surface area contributed by atoms with E-state index >= 15 is 0 Å². The Balaban J connectivity index is 2.54. The molecule has 110 valence electrons. The molecule has 1 unspecified atom stereocenters. The van der Waals surface area contributed by atoms with E-state index in [1.165, 1.54) is 6.20 Å². The van der Waals surface area contributed by atoms with Crippen LogP contribution in [0.4, 0.5) is 5.82 Å². The van der Waals surface area contributed by atoms with E-state index in [-0.39, 0.29) is 11.3 Å². The average molecular weight is 277 g/mol. The summed E-state index contributed by atoms with van der Waals surface area (Å²) in [6, 6.07) is 3.41. The molecule has 0 aliphatic carbocycles. The zero-order valence-corrected chi connectivity index (χ0v) is 12.3. The number of rotatable bonds is 6. The van der Waals surface area contributed by atoms with Gasteiger partial charge in [-0.15, -0.1) is 6.58 Å². The van der Waals surface area contributed by atoms with Crippen molar-refractivity contribution in [2.24, 2.45) is 5.41 Å². The second kappa shape index (κ2) is 7.05. The first-order valence-corrected chi connectivity index (χ1v) is 6.61. The van der Waals surface area contributed by atoms with E-state index < -0.39 is 6.10 Å². The zero-order valence-electron chi connectivity index (χ0n) is 12.3. The van der Waals surface area contributed by atoms with Crippen LogP contribution in [0, 0.1) is 5.41 Å². The number of hydrogen-bond donors (Lipinski definition) is 3. The van der Waals surface area contributed by atoms with Gasteiger partial charge in [-0.3, -0.25) is 4.79 Å². The molecule has 1 amide bonds. The van der Waals surface area contributed by atoms with E-state index in [4.69, 9.17) is 0 Å². The lowest BCUT2D eigenvalue weighted by Gasteiger charge is -2.26. The van der Waals surface area contributed by atoms with Gasteiger partial charge >= 0.3 is 0 Å². The molecular formula is C15H23N3O2. The zero-order chi connectivity index (χ0) is 15.2. The maximum atomic E-state index is 11.7. The molecule has 1 rings (SSSR count). The fourth-order valence-corrected chi connectivity index (χ4v) is 1.41. The Morgan fingerprint density at radius 1 is 1.50 bits per heavy atom. The van der Waals surface area contributed by atoms with Crippen molar-refractivity contribution >= 4 is 11.7 Å². The number of amides is 1. The number of anilines is 1. The minimum atomic E-state index is -0.472. The van der Waals surface area contributed by atoms with E-state index in [9.17, 15) is 9.90 Å². The van der Waals surface area contributed by atoms with Crippen molar-refractivity contribution in [3.05, 3.63) is 36.5 Å². The minimum absolute atomic E-state index is 0.182. The van der Waals surface area contributed by atoms with Gasteiger partial charge in [0, 0.05) is 19.3 Å². The Morgan fingerprint density at radius 3 is 2.70 bits per heavy atom. The van der Waals surface area contributed by atoms with E-state index in [1.807, 2.05) is 20.8 Å². The number of carbonyl (C=O) groups is 1. The maximum absolute atomic E-state index is 11.7. The largest absolute Gasteiger partial charge is 0.391 e. The summed E-state index contributed by atoms with van der Waals surface area (Å²) in [4.78, 5) is 15.8. The van der Waals surface area contributed by atoms with Gasteiger partial charge in [0.1, 0.15) is 5.82 Å². The van der Waals surface area contributed by atoms with Crippen molar-refractivity contribution in [3.63, 3.8) is 0 Å². The number of nitrogens with zero attached hydrogens (tertiary/aromatic N) is 1. The second-order valence-electron chi connectivity index (χ2n) is 5.69. The van der Waals surface area contributed by atoms with E-state index in [1.54, 1.807) is 18.2 Å². The van der Waals surface area contributed by atoms with Crippen LogP contribution >= 0.6 is 0 Å². The van der Waals surface area contributed by atoms with Crippen LogP contribution in [0.15, 0.2) is 31.0 Å². The molecule has 0 aromatic carbocycles. The summed E-state index contributed by atoms with van der Waals surface area (Å²) in [5.74, 6) is 0.451. The number of aliphatic hydroxyl groups excluding tert-OH is 1. The van der Waals surface area contributed by atoms with Crippen LogP contribution in [0.1, 0.15) is 31.1 Å². The molecule has 0 aliphatic heterocycles. The third kappa shape index (κ3) is 5.01. The van der Waals surface area contributed by atoms with Crippen LogP contribution < -0.4 is 10.6 Å². The number of hydrogen-bond acceptors (Lipinski definition) is 4. The first kappa shape index (κ1) is 16.2. The SMILES string of the molecule is C=CCNC(=O)c1ccc(NCC(O)C(C)(C)C)nc1. The molecule has 5 heteroatoms. The Morgan fingerprint density at radius 2 is 2.20 bits per heavy atom. The van der Waals surface area contributed by atoms with Crippen molar-refractivity contribution in [2.45, 2.75) is 26.9 Å². The number of carbonyl (C=O) groups excluding carboxylic acids is 1. The van der Waals surface area contributed by atoms with Gasteiger partial charge in [0.15, 0.2) is 0 Å². The lowest BCUT2D eigenvalue weighted by molar-refractivity contribution is 0.0745. The number of pyridine rings is 1. The van der Waals surface area contributed by atoms with Crippen LogP contribution in [0.2, 0.25) is 0 Å². The monoisotopic (exact) mass is 277 g/mol. The standard InChI is InChI=1S/C15H23N3O2/c1-5-8-16-14(20)11-6-7-13(17-9-11)18-10-12(19)15(2,3)4/h5-7,9,12,19H,1,8,10H2,2-4H3,(H,16,20)(H,17,18). The number of nitrogens with one attached hydrogen (secondary N) is 2. The fraction of sp³-hybridized carbons (Fsp3) is 0.467. The molecule has 0 aliphatic rings. The van der Waals surface area contributed by atoms with Gasteiger partial charge in [-0.05, 0) is 17.5 Å². The molecule has 1 aromatic heterocycles. The first-order chi connectivity index (χ1) is 9.34. The number of aromatic nitrogens is 1. The van der Waals surface area contributed by atoms with Gasteiger partial charge < -0.3 is 15.7 Å². The predicted octanol–water partition coefficient (Wildman–Crippen LogP) is 1.82. The summed E-state index contributed by atoms with van der Waals surface area (Å²) in [6.45, 7) is 10.3. The second-order valence-corrected chi connectivity index (χ2v) is 5.69. The topological polar surface area (TPSA) is 74.2 Å². The first-order valence-electron chi connectivity index (χ1n) is 6.61. The summed E-state index contributed by atoms with van der Waals surface area (Å²) < 4.78 is 0. The van der Waals surface area contributed by atoms with Crippen LogP contribution in [0.5, 0.6) is 0 Å². The summed E-state index contributed by atoms with van der Waals surface area (Å²) in [5.41, 5.74) is 0.311. The summed E-state index contributed by atoms with van der Waals surface area (Å²) in [7, 11) is 0. The van der Waals surface area contributed by atoms with Crippen LogP contribution in [0.25, 0.3) is 0 Å². The molecule has 1 heterocycles. The van der Waals surface area contributed by atoms with Crippen molar-refractivity contribution in [1.29, 1.82) is 0 Å². The molecule has 0 saturated heterocycles. The molecule has 3 N–H and O–H groups in total. The molecule has 5 nitrogen and oxygen atoms in total. The molecule has 20 heavy (non-hydrogen) atoms. The molecule has 1 atom stereocenters. The summed E-state index contributed by atoms with van der Waals surface area (Å²) in [5, 5.41) is 15.7. The average Bonchev–Trinajstić information content (AvgIpc) is 2.41. The molecule has 1 aromatic rings. The highest BCUT2D eigenvalue weighted by Gasteiger charge is 2.21. The third-order valence-corrected chi connectivity index (χ3v) is 2.91. The minimum Gasteiger partial charge on any atom is -0.391 e. The van der Waals surface area contributed by atoms with Crippen molar-refractivity contribution in [2.75, 3.05) is 18.4 Å². The molecule has 0 fully saturated rings. The van der Waals surface area contributed by atoms with Crippen LogP contribution in [-0.4, -0.2) is 35.2 Å². The van der Waals surface area contributed by atoms with Gasteiger partial charge in [0.25, 0.3) is 5.91 Å². The van der Waals surface area contributed by atoms with Gasteiger partial charge in [0.2, 0.25) is 0 Å². The van der Waals surface area contributed by atoms with E-state index in [0.29, 0.717) is 24.5 Å². The Labute approximate surface area is 120 Å². The molecule has 0 bridgehead atoms. The smallest absolute Gasteiger partial charge is 0.253 e. The predicted molar refractivity (Wildman–Crippen MR) is 80.7 cm³/mol. The summed E-state index contributed by atoms with van der Waals surface area (Å²) >= 11 is 0. The van der Waals surface area contributed by atoms with Gasteiger partial charge in [-0.25, -0.2) is 4.98 Å². The molecular weight excluding hydrogens is 254 g/mol. The summed E-state index contributed by atoms with van der Waals surface area (Å²) in [6.07, 6.45) is 2.65. The third-order valence-electron chi connectivity index (χ3n) is 2.91. The van der Waals surface area contributed by atoms with Gasteiger partial charge in [0.05, 0.1) is 11.7 Å². The highest BCUT2D eigenvalue weighted by atomic mass is 16.3. The fourth-order valence-electron chi connectivity index (χ4n) is 1.41. The van der Waals surface area contributed by atoms with Crippen molar-refractivity contribution in [1.82, 2.24) is 10.3 Å². The molecule has 0 radical (unpaired) electrons. The lowest BCUT2D eigenvalue weighted by Crippen LogP contribution is -2.33. The Bertz CT molecular complexity index is 449. The van der Waals surface area contributed by atoms with Gasteiger partial charge in [-0.2, -0.15) is 0 Å². The lowest BCUT2D eigenvalue weighted by atomic mass is 9.89.